The second-order valence-electron chi connectivity index (χ2n) is 7.52. The highest BCUT2D eigenvalue weighted by Gasteiger charge is 2.16. The van der Waals surface area contributed by atoms with Crippen molar-refractivity contribution >= 4 is 34.3 Å². The number of aromatic nitrogens is 1. The van der Waals surface area contributed by atoms with Gasteiger partial charge >= 0.3 is 6.09 Å². The molecule has 2 aromatic carbocycles. The lowest BCUT2D eigenvalue weighted by molar-refractivity contribution is 0.0541. The molecule has 0 atom stereocenters. The summed E-state index contributed by atoms with van der Waals surface area (Å²) in [5.41, 5.74) is 9.19. The van der Waals surface area contributed by atoms with Crippen LogP contribution in [0.5, 0.6) is 0 Å². The Morgan fingerprint density at radius 1 is 1.11 bits per heavy atom. The number of halogens is 1. The van der Waals surface area contributed by atoms with Crippen LogP contribution < -0.4 is 10.9 Å². The SMILES string of the molecule is Cc1cc2cc(NNC(=O)OC(C)(C)C)ccc2n1Cc1ccc(Cl)cc1. The number of nitrogens with one attached hydrogen (secondary N) is 2. The summed E-state index contributed by atoms with van der Waals surface area (Å²) < 4.78 is 7.47. The van der Waals surface area contributed by atoms with Crippen molar-refractivity contribution in [3.8, 4) is 0 Å². The Morgan fingerprint density at radius 3 is 2.48 bits per heavy atom. The van der Waals surface area contributed by atoms with E-state index in [0.29, 0.717) is 0 Å². The number of ether oxygens (including phenoxy) is 1. The summed E-state index contributed by atoms with van der Waals surface area (Å²) >= 11 is 5.97. The molecule has 0 saturated carbocycles. The van der Waals surface area contributed by atoms with Crippen LogP contribution in [-0.2, 0) is 11.3 Å². The molecule has 5 nitrogen and oxygen atoms in total. The Labute approximate surface area is 164 Å². The number of amides is 1. The van der Waals surface area contributed by atoms with Crippen LogP contribution in [0.25, 0.3) is 10.9 Å². The molecular formula is C21H24ClN3O2. The predicted molar refractivity (Wildman–Crippen MR) is 110 cm³/mol. The van der Waals surface area contributed by atoms with E-state index in [9.17, 15) is 4.79 Å². The number of carbonyl (C=O) groups is 1. The van der Waals surface area contributed by atoms with Crippen LogP contribution in [-0.4, -0.2) is 16.3 Å². The van der Waals surface area contributed by atoms with E-state index in [-0.39, 0.29) is 0 Å². The average molecular weight is 386 g/mol. The summed E-state index contributed by atoms with van der Waals surface area (Å²) in [7, 11) is 0. The molecule has 0 bridgehead atoms. The Balaban J connectivity index is 1.75. The molecule has 0 spiro atoms. The van der Waals surface area contributed by atoms with Gasteiger partial charge in [-0.3, -0.25) is 5.43 Å². The van der Waals surface area contributed by atoms with Crippen LogP contribution in [0.15, 0.2) is 48.5 Å². The standard InChI is InChI=1S/C21H24ClN3O2/c1-14-11-16-12-18(23-24-20(26)27-21(2,3)4)9-10-19(16)25(14)13-15-5-7-17(22)8-6-15/h5-12,23H,13H2,1-4H3,(H,24,26). The van der Waals surface area contributed by atoms with Gasteiger partial charge in [0.15, 0.2) is 0 Å². The molecule has 0 fully saturated rings. The monoisotopic (exact) mass is 385 g/mol. The number of rotatable bonds is 4. The number of fused-ring (bicyclic) bond motifs is 1. The summed E-state index contributed by atoms with van der Waals surface area (Å²) in [5, 5.41) is 1.83. The molecule has 1 heterocycles. The molecule has 0 aliphatic heterocycles. The molecule has 1 amide bonds. The van der Waals surface area contributed by atoms with E-state index in [0.717, 1.165) is 33.9 Å². The molecule has 1 aromatic heterocycles. The third-order valence-corrected chi connectivity index (χ3v) is 4.32. The second-order valence-corrected chi connectivity index (χ2v) is 7.96. The normalized spacial score (nSPS) is 11.4. The maximum absolute atomic E-state index is 11.8. The molecule has 0 saturated heterocycles. The van der Waals surface area contributed by atoms with Gasteiger partial charge in [0.25, 0.3) is 0 Å². The summed E-state index contributed by atoms with van der Waals surface area (Å²) in [5.74, 6) is 0. The number of hydrazine groups is 1. The Hall–Kier alpha value is -2.66. The van der Waals surface area contributed by atoms with Gasteiger partial charge in [0.05, 0.1) is 5.69 Å². The fourth-order valence-corrected chi connectivity index (χ4v) is 3.02. The van der Waals surface area contributed by atoms with Gasteiger partial charge < -0.3 is 9.30 Å². The van der Waals surface area contributed by atoms with Crippen LogP contribution in [0.4, 0.5) is 10.5 Å². The van der Waals surface area contributed by atoms with Crippen LogP contribution >= 0.6 is 11.6 Å². The van der Waals surface area contributed by atoms with Crippen molar-refractivity contribution in [2.75, 3.05) is 5.43 Å². The Morgan fingerprint density at radius 2 is 1.81 bits per heavy atom. The lowest BCUT2D eigenvalue weighted by Crippen LogP contribution is -2.35. The van der Waals surface area contributed by atoms with E-state index in [1.165, 1.54) is 5.56 Å². The van der Waals surface area contributed by atoms with Crippen LogP contribution in [0.2, 0.25) is 5.02 Å². The first-order valence-electron chi connectivity index (χ1n) is 8.81. The fourth-order valence-electron chi connectivity index (χ4n) is 2.90. The first kappa shape index (κ1) is 19.1. The minimum Gasteiger partial charge on any atom is -0.443 e. The summed E-state index contributed by atoms with van der Waals surface area (Å²) in [6, 6.07) is 16.0. The van der Waals surface area contributed by atoms with Crippen molar-refractivity contribution < 1.29 is 9.53 Å². The minimum atomic E-state index is -0.536. The number of hydrogen-bond donors (Lipinski definition) is 2. The van der Waals surface area contributed by atoms with Crippen molar-refractivity contribution in [2.45, 2.75) is 39.8 Å². The summed E-state index contributed by atoms with van der Waals surface area (Å²) in [4.78, 5) is 11.8. The van der Waals surface area contributed by atoms with Crippen molar-refractivity contribution in [3.05, 3.63) is 64.8 Å². The molecule has 0 unspecified atom stereocenters. The topological polar surface area (TPSA) is 55.3 Å². The maximum atomic E-state index is 11.8. The molecule has 0 radical (unpaired) electrons. The molecule has 3 aromatic rings. The lowest BCUT2D eigenvalue weighted by Gasteiger charge is -2.20. The van der Waals surface area contributed by atoms with Crippen molar-refractivity contribution in [3.63, 3.8) is 0 Å². The van der Waals surface area contributed by atoms with Gasteiger partial charge in [-0.2, -0.15) is 0 Å². The Bertz CT molecular complexity index is 956. The lowest BCUT2D eigenvalue weighted by atomic mass is 10.2. The number of benzene rings is 2. The van der Waals surface area contributed by atoms with E-state index >= 15 is 0 Å². The largest absolute Gasteiger partial charge is 0.443 e. The Kier molecular flexibility index (Phi) is 5.33. The van der Waals surface area contributed by atoms with E-state index in [1.54, 1.807) is 0 Å². The molecular weight excluding hydrogens is 362 g/mol. The highest BCUT2D eigenvalue weighted by molar-refractivity contribution is 6.30. The molecule has 2 N–H and O–H groups in total. The summed E-state index contributed by atoms with van der Waals surface area (Å²) in [6.45, 7) is 8.33. The van der Waals surface area contributed by atoms with Crippen molar-refractivity contribution in [2.24, 2.45) is 0 Å². The second kappa shape index (κ2) is 7.53. The zero-order valence-electron chi connectivity index (χ0n) is 16.0. The predicted octanol–water partition coefficient (Wildman–Crippen LogP) is 5.50. The highest BCUT2D eigenvalue weighted by atomic mass is 35.5. The van der Waals surface area contributed by atoms with Gasteiger partial charge in [-0.25, -0.2) is 10.2 Å². The average Bonchev–Trinajstić information content (AvgIpc) is 2.88. The first-order valence-corrected chi connectivity index (χ1v) is 9.18. The third-order valence-electron chi connectivity index (χ3n) is 4.07. The van der Waals surface area contributed by atoms with Gasteiger partial charge in [0.1, 0.15) is 5.60 Å². The molecule has 6 heteroatoms. The van der Waals surface area contributed by atoms with E-state index in [2.05, 4.69) is 28.4 Å². The van der Waals surface area contributed by atoms with Crippen molar-refractivity contribution in [1.82, 2.24) is 9.99 Å². The highest BCUT2D eigenvalue weighted by Crippen LogP contribution is 2.24. The van der Waals surface area contributed by atoms with Crippen molar-refractivity contribution in [1.29, 1.82) is 0 Å². The van der Waals surface area contributed by atoms with Crippen LogP contribution in [0.3, 0.4) is 0 Å². The van der Waals surface area contributed by atoms with E-state index < -0.39 is 11.7 Å². The van der Waals surface area contributed by atoms with Gasteiger partial charge in [-0.1, -0.05) is 23.7 Å². The number of carbonyl (C=O) groups excluding carboxylic acids is 1. The van der Waals surface area contributed by atoms with Gasteiger partial charge in [-0.15, -0.1) is 0 Å². The molecule has 3 rings (SSSR count). The number of nitrogens with zero attached hydrogens (tertiary/aromatic N) is 1. The minimum absolute atomic E-state index is 0.515. The molecule has 0 aliphatic carbocycles. The molecule has 27 heavy (non-hydrogen) atoms. The number of anilines is 1. The van der Waals surface area contributed by atoms with E-state index in [4.69, 9.17) is 16.3 Å². The van der Waals surface area contributed by atoms with Gasteiger partial charge in [0, 0.05) is 28.2 Å². The van der Waals surface area contributed by atoms with Gasteiger partial charge in [0.2, 0.25) is 0 Å². The van der Waals surface area contributed by atoms with Crippen LogP contribution in [0, 0.1) is 6.92 Å². The fraction of sp³-hybridized carbons (Fsp3) is 0.286. The number of aryl methyl sites for hydroxylation is 1. The zero-order valence-corrected chi connectivity index (χ0v) is 16.7. The maximum Gasteiger partial charge on any atom is 0.426 e. The third kappa shape index (κ3) is 4.95. The van der Waals surface area contributed by atoms with Gasteiger partial charge in [-0.05, 0) is 69.7 Å². The first-order chi connectivity index (χ1) is 12.7. The van der Waals surface area contributed by atoms with Crippen LogP contribution in [0.1, 0.15) is 32.0 Å². The summed E-state index contributed by atoms with van der Waals surface area (Å²) in [6.07, 6.45) is -0.515. The number of hydrogen-bond acceptors (Lipinski definition) is 3. The molecule has 142 valence electrons. The molecule has 0 aliphatic rings. The zero-order chi connectivity index (χ0) is 19.6. The smallest absolute Gasteiger partial charge is 0.426 e. The quantitative estimate of drug-likeness (QED) is 0.583. The van der Waals surface area contributed by atoms with E-state index in [1.807, 2.05) is 63.2 Å².